The van der Waals surface area contributed by atoms with E-state index in [4.69, 9.17) is 5.41 Å². The van der Waals surface area contributed by atoms with Gasteiger partial charge in [-0.05, 0) is 71.3 Å². The highest BCUT2D eigenvalue weighted by atomic mass is 32.2. The molecule has 2 N–H and O–H groups in total. The topological polar surface area (TPSA) is 45.2 Å². The fourth-order valence-corrected chi connectivity index (χ4v) is 9.85. The molecule has 5 aromatic carbocycles. The molecular weight excluding hydrogens is 617 g/mol. The van der Waals surface area contributed by atoms with Crippen molar-refractivity contribution >= 4 is 72.2 Å². The summed E-state index contributed by atoms with van der Waals surface area (Å²) in [6.07, 6.45) is 19.3. The molecular formula is C44H30N4S. The lowest BCUT2D eigenvalue weighted by atomic mass is 9.88. The Morgan fingerprint density at radius 3 is 2.29 bits per heavy atom. The third-order valence-electron chi connectivity index (χ3n) is 10.7. The number of nitrogens with one attached hydrogen (secondary N) is 2. The largest absolute Gasteiger partial charge is 0.372 e. The van der Waals surface area contributed by atoms with Crippen LogP contribution in [0.2, 0.25) is 0 Å². The summed E-state index contributed by atoms with van der Waals surface area (Å²) >= 11 is 1.98. The van der Waals surface area contributed by atoms with Crippen LogP contribution in [0.1, 0.15) is 11.5 Å². The number of para-hydroxylation sites is 2. The van der Waals surface area contributed by atoms with E-state index >= 15 is 0 Å². The predicted octanol–water partition coefficient (Wildman–Crippen LogP) is 11.1. The van der Waals surface area contributed by atoms with Gasteiger partial charge in [-0.25, -0.2) is 0 Å². The van der Waals surface area contributed by atoms with Crippen LogP contribution >= 0.6 is 11.8 Å². The summed E-state index contributed by atoms with van der Waals surface area (Å²) < 4.78 is 4.76. The number of aromatic nitrogens is 2. The van der Waals surface area contributed by atoms with Gasteiger partial charge in [-0.2, -0.15) is 0 Å². The molecule has 0 fully saturated rings. The van der Waals surface area contributed by atoms with Crippen LogP contribution in [0.15, 0.2) is 157 Å². The molecule has 5 heteroatoms. The molecule has 8 aromatic rings. The van der Waals surface area contributed by atoms with Crippen LogP contribution in [0.4, 0.5) is 5.69 Å². The fourth-order valence-electron chi connectivity index (χ4n) is 8.46. The van der Waals surface area contributed by atoms with Crippen molar-refractivity contribution in [1.29, 1.82) is 5.41 Å². The summed E-state index contributed by atoms with van der Waals surface area (Å²) in [7, 11) is 0. The van der Waals surface area contributed by atoms with Gasteiger partial charge < -0.3 is 19.7 Å². The van der Waals surface area contributed by atoms with Gasteiger partial charge in [0.25, 0.3) is 0 Å². The van der Waals surface area contributed by atoms with Gasteiger partial charge in [-0.15, -0.1) is 11.8 Å². The number of hydrogen-bond donors (Lipinski definition) is 2. The van der Waals surface area contributed by atoms with Crippen molar-refractivity contribution in [3.63, 3.8) is 0 Å². The van der Waals surface area contributed by atoms with Gasteiger partial charge in [-0.1, -0.05) is 91.1 Å². The zero-order chi connectivity index (χ0) is 32.2. The molecule has 3 aromatic heterocycles. The highest BCUT2D eigenvalue weighted by molar-refractivity contribution is 8.00. The molecule has 2 aliphatic carbocycles. The van der Waals surface area contributed by atoms with E-state index in [1.807, 2.05) is 30.0 Å². The van der Waals surface area contributed by atoms with Gasteiger partial charge in [0.15, 0.2) is 0 Å². The predicted molar refractivity (Wildman–Crippen MR) is 207 cm³/mol. The minimum atomic E-state index is -0.147. The van der Waals surface area contributed by atoms with Gasteiger partial charge in [-0.3, -0.25) is 0 Å². The van der Waals surface area contributed by atoms with E-state index in [1.165, 1.54) is 76.3 Å². The Hall–Kier alpha value is -5.78. The van der Waals surface area contributed by atoms with Gasteiger partial charge >= 0.3 is 0 Å². The van der Waals surface area contributed by atoms with Gasteiger partial charge in [0.05, 0.1) is 39.5 Å². The van der Waals surface area contributed by atoms with E-state index in [0.29, 0.717) is 16.9 Å². The minimum Gasteiger partial charge on any atom is -0.372 e. The number of hydrogen-bond acceptors (Lipinski definition) is 3. The van der Waals surface area contributed by atoms with Gasteiger partial charge in [0.1, 0.15) is 0 Å². The number of fused-ring (bicyclic) bond motifs is 10. The van der Waals surface area contributed by atoms with E-state index in [9.17, 15) is 0 Å². The minimum absolute atomic E-state index is 0.147. The molecule has 3 atom stereocenters. The van der Waals surface area contributed by atoms with Crippen molar-refractivity contribution in [1.82, 2.24) is 8.97 Å². The standard InChI is InChI=1S/C44H30N4S/c45-34-14-6-7-15-35(34)46-36-25-47-37-20-18-27(23-33(37)43-42-30-13-5-9-17-40(30)49-41(42)24-32(36)44(43)47)26-19-21-39-31(22-26)29-12-4-8-16-38(29)48(39)28-10-2-1-3-11-28/h1-25,30,35,40,45-46H. The maximum Gasteiger partial charge on any atom is 0.0866 e. The molecule has 3 unspecified atom stereocenters. The molecule has 4 heterocycles. The van der Waals surface area contributed by atoms with Crippen LogP contribution in [-0.4, -0.2) is 26.0 Å². The molecule has 0 saturated carbocycles. The van der Waals surface area contributed by atoms with Crippen LogP contribution in [-0.2, 0) is 0 Å². The van der Waals surface area contributed by atoms with Crippen molar-refractivity contribution in [3.05, 3.63) is 157 Å². The Labute approximate surface area is 287 Å². The lowest BCUT2D eigenvalue weighted by molar-refractivity contribution is 0.891. The summed E-state index contributed by atoms with van der Waals surface area (Å²) in [6.45, 7) is 0. The van der Waals surface area contributed by atoms with E-state index in [1.54, 1.807) is 0 Å². The van der Waals surface area contributed by atoms with E-state index in [-0.39, 0.29) is 6.04 Å². The SMILES string of the molecule is N=C1C=CC=CC1Nc1cn2c3ccc(-c4ccc5c(c4)c4ccccc4n5-c4ccccc4)cc3c3c4c(cc1c32)SC1C=CC=CC41. The van der Waals surface area contributed by atoms with Crippen molar-refractivity contribution < 1.29 is 0 Å². The van der Waals surface area contributed by atoms with E-state index < -0.39 is 0 Å². The lowest BCUT2D eigenvalue weighted by Gasteiger charge is -2.17. The monoisotopic (exact) mass is 646 g/mol. The number of benzene rings is 5. The van der Waals surface area contributed by atoms with Crippen LogP contribution in [0.25, 0.3) is 65.8 Å². The Balaban J connectivity index is 1.13. The quantitative estimate of drug-likeness (QED) is 0.200. The molecule has 3 aliphatic rings. The summed E-state index contributed by atoms with van der Waals surface area (Å²) in [6, 6.07) is 35.6. The molecule has 0 bridgehead atoms. The lowest BCUT2D eigenvalue weighted by Crippen LogP contribution is -2.26. The first-order valence-electron chi connectivity index (χ1n) is 16.9. The molecule has 49 heavy (non-hydrogen) atoms. The second-order valence-electron chi connectivity index (χ2n) is 13.3. The average molecular weight is 647 g/mol. The summed E-state index contributed by atoms with van der Waals surface area (Å²) in [4.78, 5) is 1.36. The third kappa shape index (κ3) is 3.85. The van der Waals surface area contributed by atoms with Crippen molar-refractivity contribution in [3.8, 4) is 16.8 Å². The number of allylic oxidation sites excluding steroid dienone is 5. The maximum atomic E-state index is 8.53. The highest BCUT2D eigenvalue weighted by Crippen LogP contribution is 2.55. The first-order valence-corrected chi connectivity index (χ1v) is 17.8. The number of nitrogens with zero attached hydrogens (tertiary/aromatic N) is 2. The van der Waals surface area contributed by atoms with E-state index in [2.05, 4.69) is 148 Å². The molecule has 0 saturated heterocycles. The van der Waals surface area contributed by atoms with Gasteiger partial charge in [0, 0.05) is 54.9 Å². The summed E-state index contributed by atoms with van der Waals surface area (Å²) in [5.41, 5.74) is 11.6. The number of thioether (sulfide) groups is 1. The molecule has 0 spiro atoms. The average Bonchev–Trinajstić information content (AvgIpc) is 3.88. The third-order valence-corrected chi connectivity index (χ3v) is 12.0. The Kier molecular flexibility index (Phi) is 5.61. The Morgan fingerprint density at radius 1 is 0.653 bits per heavy atom. The second kappa shape index (κ2) is 10.1. The summed E-state index contributed by atoms with van der Waals surface area (Å²) in [5.74, 6) is 0.346. The van der Waals surface area contributed by atoms with Crippen LogP contribution < -0.4 is 5.32 Å². The second-order valence-corrected chi connectivity index (χ2v) is 14.5. The number of rotatable bonds is 4. The summed E-state index contributed by atoms with van der Waals surface area (Å²) in [5, 5.41) is 19.0. The van der Waals surface area contributed by atoms with Crippen LogP contribution in [0.5, 0.6) is 0 Å². The normalized spacial score (nSPS) is 19.7. The zero-order valence-corrected chi connectivity index (χ0v) is 27.3. The van der Waals surface area contributed by atoms with Crippen molar-refractivity contribution in [2.45, 2.75) is 22.1 Å². The first kappa shape index (κ1) is 27.2. The van der Waals surface area contributed by atoms with E-state index in [0.717, 1.165) is 5.69 Å². The molecule has 232 valence electrons. The van der Waals surface area contributed by atoms with Gasteiger partial charge in [0.2, 0.25) is 0 Å². The Morgan fingerprint density at radius 2 is 1.41 bits per heavy atom. The molecule has 4 nitrogen and oxygen atoms in total. The molecule has 0 radical (unpaired) electrons. The first-order chi connectivity index (χ1) is 24.2. The maximum absolute atomic E-state index is 8.53. The fraction of sp³-hybridized carbons (Fsp3) is 0.0682. The molecule has 1 aliphatic heterocycles. The Bertz CT molecular complexity index is 2810. The van der Waals surface area contributed by atoms with Crippen LogP contribution in [0, 0.1) is 5.41 Å². The smallest absolute Gasteiger partial charge is 0.0866 e. The van der Waals surface area contributed by atoms with Crippen molar-refractivity contribution in [2.24, 2.45) is 0 Å². The highest BCUT2D eigenvalue weighted by Gasteiger charge is 2.35. The van der Waals surface area contributed by atoms with Crippen molar-refractivity contribution in [2.75, 3.05) is 5.32 Å². The molecule has 0 amide bonds. The molecule has 11 rings (SSSR count). The zero-order valence-electron chi connectivity index (χ0n) is 26.5. The number of anilines is 1. The van der Waals surface area contributed by atoms with Crippen LogP contribution in [0.3, 0.4) is 0 Å².